The Labute approximate surface area is 108 Å². The highest BCUT2D eigenvalue weighted by Crippen LogP contribution is 2.29. The van der Waals surface area contributed by atoms with Gasteiger partial charge in [-0.05, 0) is 32.1 Å². The number of nitrogens with two attached hydrogens (primary N) is 1. The Hall–Kier alpha value is -0.540. The molecule has 0 bridgehead atoms. The Balaban J connectivity index is 2.04. The minimum atomic E-state index is 0.232. The van der Waals surface area contributed by atoms with Crippen LogP contribution >= 0.6 is 11.6 Å². The van der Waals surface area contributed by atoms with Crippen molar-refractivity contribution in [3.8, 4) is 0 Å². The molecule has 2 N–H and O–H groups in total. The van der Waals surface area contributed by atoms with Crippen LogP contribution in [0.3, 0.4) is 0 Å². The third kappa shape index (κ3) is 2.83. The van der Waals surface area contributed by atoms with Gasteiger partial charge in [-0.3, -0.25) is 4.68 Å². The van der Waals surface area contributed by atoms with Gasteiger partial charge in [0, 0.05) is 18.7 Å². The molecule has 1 heterocycles. The summed E-state index contributed by atoms with van der Waals surface area (Å²) in [5.41, 5.74) is 8.48. The maximum absolute atomic E-state index is 6.33. The molecule has 0 radical (unpaired) electrons. The fourth-order valence-corrected chi connectivity index (χ4v) is 3.12. The number of halogens is 1. The lowest BCUT2D eigenvalue weighted by Crippen LogP contribution is -2.33. The van der Waals surface area contributed by atoms with Crippen LogP contribution in [-0.2, 0) is 13.5 Å². The van der Waals surface area contributed by atoms with Crippen LogP contribution in [0.4, 0.5) is 0 Å². The summed E-state index contributed by atoms with van der Waals surface area (Å²) in [5.74, 6) is 0.666. The van der Waals surface area contributed by atoms with E-state index in [0.29, 0.717) is 5.92 Å². The minimum absolute atomic E-state index is 0.232. The van der Waals surface area contributed by atoms with Crippen LogP contribution < -0.4 is 5.73 Å². The zero-order chi connectivity index (χ0) is 12.4. The van der Waals surface area contributed by atoms with Crippen molar-refractivity contribution in [2.75, 3.05) is 0 Å². The van der Waals surface area contributed by atoms with E-state index >= 15 is 0 Å². The van der Waals surface area contributed by atoms with Gasteiger partial charge in [0.05, 0.1) is 5.69 Å². The molecule has 0 aliphatic heterocycles. The molecule has 1 aliphatic rings. The Morgan fingerprint density at radius 3 is 2.59 bits per heavy atom. The third-order valence-corrected chi connectivity index (χ3v) is 4.44. The van der Waals surface area contributed by atoms with Crippen molar-refractivity contribution >= 4 is 11.6 Å². The summed E-state index contributed by atoms with van der Waals surface area (Å²) in [6.07, 6.45) is 7.45. The second kappa shape index (κ2) is 5.40. The van der Waals surface area contributed by atoms with E-state index in [-0.39, 0.29) is 6.04 Å². The van der Waals surface area contributed by atoms with Crippen molar-refractivity contribution in [2.45, 2.75) is 51.5 Å². The lowest BCUT2D eigenvalue weighted by atomic mass is 9.82. The lowest BCUT2D eigenvalue weighted by molar-refractivity contribution is 0.303. The number of rotatable bonds is 3. The van der Waals surface area contributed by atoms with Gasteiger partial charge in [-0.15, -0.1) is 0 Å². The molecular weight excluding hydrogens is 234 g/mol. The first-order chi connectivity index (χ1) is 8.09. The van der Waals surface area contributed by atoms with Gasteiger partial charge < -0.3 is 5.73 Å². The van der Waals surface area contributed by atoms with Gasteiger partial charge in [0.15, 0.2) is 0 Å². The first-order valence-corrected chi connectivity index (χ1v) is 6.91. The predicted octanol–water partition coefficient (Wildman–Crippen LogP) is 2.83. The molecule has 4 heteroatoms. The van der Waals surface area contributed by atoms with Crippen LogP contribution in [0.2, 0.25) is 5.15 Å². The largest absolute Gasteiger partial charge is 0.327 e. The lowest BCUT2D eigenvalue weighted by Gasteiger charge is -2.27. The molecule has 3 nitrogen and oxygen atoms in total. The van der Waals surface area contributed by atoms with E-state index in [1.165, 1.54) is 32.1 Å². The Kier molecular flexibility index (Phi) is 4.10. The number of aryl methyl sites for hydroxylation is 2. The molecule has 1 atom stereocenters. The van der Waals surface area contributed by atoms with Crippen molar-refractivity contribution in [3.63, 3.8) is 0 Å². The van der Waals surface area contributed by atoms with E-state index in [4.69, 9.17) is 17.3 Å². The molecule has 17 heavy (non-hydrogen) atoms. The summed E-state index contributed by atoms with van der Waals surface area (Å²) in [7, 11) is 1.88. The van der Waals surface area contributed by atoms with E-state index in [0.717, 1.165) is 22.8 Å². The number of aromatic nitrogens is 2. The SMILES string of the molecule is Cc1nn(C)c(Cl)c1CC(N)C1CCCCC1. The monoisotopic (exact) mass is 255 g/mol. The highest BCUT2D eigenvalue weighted by molar-refractivity contribution is 6.30. The summed E-state index contributed by atoms with van der Waals surface area (Å²) in [6.45, 7) is 2.01. The molecule has 0 saturated heterocycles. The summed E-state index contributed by atoms with van der Waals surface area (Å²) in [5, 5.41) is 5.08. The average Bonchev–Trinajstić information content (AvgIpc) is 2.57. The van der Waals surface area contributed by atoms with Crippen LogP contribution in [0, 0.1) is 12.8 Å². The normalized spacial score (nSPS) is 19.5. The smallest absolute Gasteiger partial charge is 0.130 e. The van der Waals surface area contributed by atoms with Crippen LogP contribution in [0.15, 0.2) is 0 Å². The Morgan fingerprint density at radius 2 is 2.06 bits per heavy atom. The summed E-state index contributed by atoms with van der Waals surface area (Å²) in [6, 6.07) is 0.232. The first kappa shape index (κ1) is 12.9. The number of hydrogen-bond donors (Lipinski definition) is 1. The summed E-state index contributed by atoms with van der Waals surface area (Å²) >= 11 is 6.24. The van der Waals surface area contributed by atoms with E-state index in [1.807, 2.05) is 14.0 Å². The molecule has 1 aromatic heterocycles. The van der Waals surface area contributed by atoms with E-state index in [2.05, 4.69) is 5.10 Å². The minimum Gasteiger partial charge on any atom is -0.327 e. The summed E-state index contributed by atoms with van der Waals surface area (Å²) < 4.78 is 1.74. The van der Waals surface area contributed by atoms with Gasteiger partial charge in [0.25, 0.3) is 0 Å². The van der Waals surface area contributed by atoms with Crippen molar-refractivity contribution in [3.05, 3.63) is 16.4 Å². The van der Waals surface area contributed by atoms with Crippen molar-refractivity contribution in [1.29, 1.82) is 0 Å². The Bertz CT molecular complexity index is 380. The zero-order valence-corrected chi connectivity index (χ0v) is 11.5. The van der Waals surface area contributed by atoms with E-state index < -0.39 is 0 Å². The van der Waals surface area contributed by atoms with Crippen LogP contribution in [0.5, 0.6) is 0 Å². The van der Waals surface area contributed by atoms with Gasteiger partial charge >= 0.3 is 0 Å². The second-order valence-electron chi connectivity index (χ2n) is 5.24. The molecule has 1 unspecified atom stereocenters. The predicted molar refractivity (Wildman–Crippen MR) is 71.2 cm³/mol. The molecule has 1 aromatic rings. The topological polar surface area (TPSA) is 43.8 Å². The molecule has 1 saturated carbocycles. The van der Waals surface area contributed by atoms with Gasteiger partial charge in [0.1, 0.15) is 5.15 Å². The van der Waals surface area contributed by atoms with Crippen molar-refractivity contribution < 1.29 is 0 Å². The van der Waals surface area contributed by atoms with E-state index in [1.54, 1.807) is 4.68 Å². The molecule has 2 rings (SSSR count). The molecule has 1 aliphatic carbocycles. The number of nitrogens with zero attached hydrogens (tertiary/aromatic N) is 2. The fraction of sp³-hybridized carbons (Fsp3) is 0.769. The molecule has 1 fully saturated rings. The molecule has 96 valence electrons. The highest BCUT2D eigenvalue weighted by Gasteiger charge is 2.23. The molecular formula is C13H22ClN3. The van der Waals surface area contributed by atoms with Gasteiger partial charge in [-0.25, -0.2) is 0 Å². The third-order valence-electron chi connectivity index (χ3n) is 3.97. The fourth-order valence-electron chi connectivity index (χ4n) is 2.87. The second-order valence-corrected chi connectivity index (χ2v) is 5.60. The summed E-state index contributed by atoms with van der Waals surface area (Å²) in [4.78, 5) is 0. The van der Waals surface area contributed by atoms with E-state index in [9.17, 15) is 0 Å². The van der Waals surface area contributed by atoms with Crippen LogP contribution in [0.1, 0.15) is 43.4 Å². The van der Waals surface area contributed by atoms with Crippen molar-refractivity contribution in [1.82, 2.24) is 9.78 Å². The maximum Gasteiger partial charge on any atom is 0.130 e. The number of hydrogen-bond acceptors (Lipinski definition) is 2. The van der Waals surface area contributed by atoms with Crippen LogP contribution in [-0.4, -0.2) is 15.8 Å². The molecule has 0 aromatic carbocycles. The quantitative estimate of drug-likeness (QED) is 0.903. The maximum atomic E-state index is 6.33. The first-order valence-electron chi connectivity index (χ1n) is 6.53. The van der Waals surface area contributed by atoms with Crippen molar-refractivity contribution in [2.24, 2.45) is 18.7 Å². The average molecular weight is 256 g/mol. The highest BCUT2D eigenvalue weighted by atomic mass is 35.5. The standard InChI is InChI=1S/C13H22ClN3/c1-9-11(13(14)17(2)16-9)8-12(15)10-6-4-3-5-7-10/h10,12H,3-8,15H2,1-2H3. The van der Waals surface area contributed by atoms with Crippen LogP contribution in [0.25, 0.3) is 0 Å². The molecule has 0 spiro atoms. The Morgan fingerprint density at radius 1 is 1.41 bits per heavy atom. The van der Waals surface area contributed by atoms with Gasteiger partial charge in [0.2, 0.25) is 0 Å². The van der Waals surface area contributed by atoms with Gasteiger partial charge in [-0.1, -0.05) is 30.9 Å². The van der Waals surface area contributed by atoms with Gasteiger partial charge in [-0.2, -0.15) is 5.10 Å². The molecule has 0 amide bonds. The zero-order valence-electron chi connectivity index (χ0n) is 10.7.